The molecule has 2 rings (SSSR count). The molecule has 1 N–H and O–H groups in total. The summed E-state index contributed by atoms with van der Waals surface area (Å²) >= 11 is 1.44. The minimum Gasteiger partial charge on any atom is -0.548 e. The molecular weight excluding hydrogens is 281 g/mol. The molecule has 1 aromatic rings. The molecule has 3 atom stereocenters. The van der Waals surface area contributed by atoms with Crippen LogP contribution in [-0.2, 0) is 9.53 Å². The van der Waals surface area contributed by atoms with E-state index in [4.69, 9.17) is 4.74 Å². The second-order valence-corrected chi connectivity index (χ2v) is 4.85. The van der Waals surface area contributed by atoms with Crippen molar-refractivity contribution < 1.29 is 71.1 Å². The van der Waals surface area contributed by atoms with Crippen LogP contribution in [0.2, 0.25) is 0 Å². The third kappa shape index (κ3) is 3.62. The number of hydrogen-bond acceptors (Lipinski definition) is 6. The molecule has 0 spiro atoms. The molecule has 1 aromatic heterocycles. The summed E-state index contributed by atoms with van der Waals surface area (Å²) in [5.41, 5.74) is 0.693. The average molecular weight is 295 g/mol. The number of carboxylic acid groups (broad SMARTS) is 1. The van der Waals surface area contributed by atoms with Crippen molar-refractivity contribution in [1.82, 2.24) is 4.90 Å². The Bertz CT molecular complexity index is 386. The number of carbonyl (C=O) groups excluding carboxylic acids is 1. The van der Waals surface area contributed by atoms with Gasteiger partial charge < -0.3 is 19.7 Å². The van der Waals surface area contributed by atoms with Gasteiger partial charge in [0.15, 0.2) is 0 Å². The number of aliphatic carboxylic acids is 1. The molecule has 0 amide bonds. The van der Waals surface area contributed by atoms with Crippen molar-refractivity contribution >= 4 is 17.3 Å². The molecule has 0 bridgehead atoms. The number of aliphatic hydroxyl groups is 1. The van der Waals surface area contributed by atoms with Gasteiger partial charge in [0.2, 0.25) is 0 Å². The average Bonchev–Trinajstić information content (AvgIpc) is 2.88. The summed E-state index contributed by atoms with van der Waals surface area (Å²) in [6.45, 7) is 0.680. The number of β-amino-alcohol motifs (C(OH)–C–C–N with tert-alkyl or cyclic N) is 1. The first kappa shape index (κ1) is 16.7. The van der Waals surface area contributed by atoms with Crippen molar-refractivity contribution in [1.29, 1.82) is 0 Å². The zero-order chi connectivity index (χ0) is 12.4. The van der Waals surface area contributed by atoms with Gasteiger partial charge in [-0.2, -0.15) is 11.3 Å². The van der Waals surface area contributed by atoms with Crippen LogP contribution in [0.15, 0.2) is 16.8 Å². The topological polar surface area (TPSA) is 72.8 Å². The number of nitrogens with zero attached hydrogens (tertiary/aromatic N) is 1. The van der Waals surface area contributed by atoms with Gasteiger partial charge in [-0.3, -0.25) is 4.90 Å². The summed E-state index contributed by atoms with van der Waals surface area (Å²) in [6, 6.07) is 0.952. The van der Waals surface area contributed by atoms with Gasteiger partial charge in [-0.25, -0.2) is 0 Å². The number of thiophene rings is 1. The Morgan fingerprint density at radius 3 is 2.83 bits per heavy atom. The fourth-order valence-corrected chi connectivity index (χ4v) is 2.83. The van der Waals surface area contributed by atoms with E-state index in [0.717, 1.165) is 0 Å². The first-order chi connectivity index (χ1) is 8.13. The maximum Gasteiger partial charge on any atom is 1.00 e. The molecule has 0 aromatic carbocycles. The van der Waals surface area contributed by atoms with Crippen LogP contribution in [0.25, 0.3) is 0 Å². The van der Waals surface area contributed by atoms with Crippen LogP contribution in [0, 0.1) is 0 Å². The van der Waals surface area contributed by atoms with Crippen LogP contribution in [0.4, 0.5) is 0 Å². The largest absolute Gasteiger partial charge is 1.00 e. The van der Waals surface area contributed by atoms with Crippen LogP contribution in [-0.4, -0.2) is 48.4 Å². The molecule has 0 radical (unpaired) electrons. The first-order valence-electron chi connectivity index (χ1n) is 5.31. The quantitative estimate of drug-likeness (QED) is 0.578. The number of likely N-dealkylation sites (tertiary alicyclic amines) is 1. The normalized spacial score (nSPS) is 25.7. The Morgan fingerprint density at radius 2 is 2.39 bits per heavy atom. The van der Waals surface area contributed by atoms with Crippen LogP contribution >= 0.6 is 11.3 Å². The Labute approximate surface area is 152 Å². The van der Waals surface area contributed by atoms with E-state index in [2.05, 4.69) is 0 Å². The maximum absolute atomic E-state index is 11.2. The van der Waals surface area contributed by atoms with Gasteiger partial charge in [0.25, 0.3) is 0 Å². The molecule has 1 fully saturated rings. The number of carbonyl (C=O) groups is 1. The third-order valence-electron chi connectivity index (χ3n) is 3.02. The summed E-state index contributed by atoms with van der Waals surface area (Å²) in [5.74, 6) is -1.15. The molecule has 0 aliphatic carbocycles. The molecule has 1 saturated heterocycles. The van der Waals surface area contributed by atoms with Crippen LogP contribution in [0.5, 0.6) is 0 Å². The van der Waals surface area contributed by atoms with Gasteiger partial charge in [0.1, 0.15) is 0 Å². The van der Waals surface area contributed by atoms with Gasteiger partial charge in [0.05, 0.1) is 24.2 Å². The Morgan fingerprint density at radius 1 is 1.67 bits per heavy atom. The standard InChI is InChI=1S/C11H15NO4S.K/c1-16-9-5-12(4-8(9)13)10(11(14)15)7-2-3-17-6-7;/h2-3,6,8-10,13H,4-5H2,1H3,(H,14,15);/q;+1/p-1/t8-,9-,10?;/m1./s1. The molecule has 0 saturated carbocycles. The van der Waals surface area contributed by atoms with Crippen molar-refractivity contribution in [3.05, 3.63) is 22.4 Å². The van der Waals surface area contributed by atoms with Crippen molar-refractivity contribution in [3.63, 3.8) is 0 Å². The molecule has 94 valence electrons. The zero-order valence-electron chi connectivity index (χ0n) is 10.4. The van der Waals surface area contributed by atoms with Crippen LogP contribution < -0.4 is 56.5 Å². The summed E-state index contributed by atoms with van der Waals surface area (Å²) < 4.78 is 5.10. The van der Waals surface area contributed by atoms with Crippen LogP contribution in [0.1, 0.15) is 11.6 Å². The Hall–Kier alpha value is 0.686. The van der Waals surface area contributed by atoms with E-state index in [1.807, 2.05) is 5.38 Å². The van der Waals surface area contributed by atoms with Crippen molar-refractivity contribution in [3.8, 4) is 0 Å². The van der Waals surface area contributed by atoms with Gasteiger partial charge in [-0.15, -0.1) is 0 Å². The zero-order valence-corrected chi connectivity index (χ0v) is 14.3. The monoisotopic (exact) mass is 295 g/mol. The number of methoxy groups -OCH3 is 1. The predicted octanol–water partition coefficient (Wildman–Crippen LogP) is -3.77. The van der Waals surface area contributed by atoms with Crippen molar-refractivity contribution in [2.45, 2.75) is 18.2 Å². The van der Waals surface area contributed by atoms with E-state index in [0.29, 0.717) is 12.1 Å². The summed E-state index contributed by atoms with van der Waals surface area (Å²) in [5, 5.41) is 24.5. The van der Waals surface area contributed by atoms with Gasteiger partial charge in [0, 0.05) is 20.2 Å². The smallest absolute Gasteiger partial charge is 0.548 e. The van der Waals surface area contributed by atoms with Crippen LogP contribution in [0.3, 0.4) is 0 Å². The maximum atomic E-state index is 11.2. The molecular formula is C11H14KNO4S. The van der Waals surface area contributed by atoms with Crippen molar-refractivity contribution in [2.24, 2.45) is 0 Å². The second kappa shape index (κ2) is 7.46. The molecule has 2 heterocycles. The minimum atomic E-state index is -1.15. The van der Waals surface area contributed by atoms with Crippen molar-refractivity contribution in [2.75, 3.05) is 20.2 Å². The summed E-state index contributed by atoms with van der Waals surface area (Å²) in [4.78, 5) is 12.9. The van der Waals surface area contributed by atoms with E-state index < -0.39 is 18.1 Å². The fraction of sp³-hybridized carbons (Fsp3) is 0.545. The number of ether oxygens (including phenoxy) is 1. The Kier molecular flexibility index (Phi) is 6.94. The number of aliphatic hydroxyl groups excluding tert-OH is 1. The fourth-order valence-electron chi connectivity index (χ4n) is 2.15. The first-order valence-corrected chi connectivity index (χ1v) is 6.25. The summed E-state index contributed by atoms with van der Waals surface area (Å²) in [7, 11) is 1.51. The van der Waals surface area contributed by atoms with E-state index in [-0.39, 0.29) is 64.0 Å². The molecule has 1 aliphatic rings. The summed E-state index contributed by atoms with van der Waals surface area (Å²) in [6.07, 6.45) is -0.990. The molecule has 1 unspecified atom stereocenters. The van der Waals surface area contributed by atoms with Gasteiger partial charge >= 0.3 is 51.4 Å². The van der Waals surface area contributed by atoms with Gasteiger partial charge in [-0.1, -0.05) is 0 Å². The molecule has 18 heavy (non-hydrogen) atoms. The molecule has 5 nitrogen and oxygen atoms in total. The molecule has 7 heteroatoms. The number of hydrogen-bond donors (Lipinski definition) is 1. The van der Waals surface area contributed by atoms with E-state index in [1.165, 1.54) is 18.4 Å². The predicted molar refractivity (Wildman–Crippen MR) is 60.4 cm³/mol. The molecule has 1 aliphatic heterocycles. The second-order valence-electron chi connectivity index (χ2n) is 4.07. The SMILES string of the molecule is CO[C@@H]1CN(C(C(=O)[O-])c2ccsc2)C[C@H]1O.[K+]. The third-order valence-corrected chi connectivity index (χ3v) is 3.72. The number of carboxylic acids is 1. The van der Waals surface area contributed by atoms with E-state index in [9.17, 15) is 15.0 Å². The van der Waals surface area contributed by atoms with E-state index in [1.54, 1.807) is 16.3 Å². The Balaban J connectivity index is 0.00000162. The van der Waals surface area contributed by atoms with E-state index >= 15 is 0 Å². The number of rotatable bonds is 4. The minimum absolute atomic E-state index is 0. The van der Waals surface area contributed by atoms with Gasteiger partial charge in [-0.05, 0) is 22.4 Å².